The van der Waals surface area contributed by atoms with E-state index in [1.54, 1.807) is 13.2 Å². The van der Waals surface area contributed by atoms with Crippen molar-refractivity contribution in [3.05, 3.63) is 21.5 Å². The molecule has 74 valence electrons. The molecule has 0 radical (unpaired) electrons. The second-order valence-electron chi connectivity index (χ2n) is 2.84. The average Bonchev–Trinajstić information content (AvgIpc) is 2.51. The normalized spacial score (nSPS) is 15.7. The highest BCUT2D eigenvalue weighted by atomic mass is 127. The first kappa shape index (κ1) is 11.0. The van der Waals surface area contributed by atoms with E-state index in [0.29, 0.717) is 12.2 Å². The molecule has 0 bridgehead atoms. The lowest BCUT2D eigenvalue weighted by Gasteiger charge is -2.15. The standard InChI is InChI=1S/C8H13IN2O2/c1-10-4-7(12)8(13)6-2-5(9)3-11-6/h2-3,7-8,10-13H,4H2,1H3. The number of aliphatic hydroxyl groups is 2. The van der Waals surface area contributed by atoms with Crippen LogP contribution in [0.4, 0.5) is 0 Å². The fraction of sp³-hybridized carbons (Fsp3) is 0.500. The Morgan fingerprint density at radius 3 is 2.77 bits per heavy atom. The van der Waals surface area contributed by atoms with Crippen LogP contribution in [-0.2, 0) is 0 Å². The van der Waals surface area contributed by atoms with Crippen LogP contribution in [0.5, 0.6) is 0 Å². The number of likely N-dealkylation sites (N-methyl/N-ethyl adjacent to an activating group) is 1. The van der Waals surface area contributed by atoms with Crippen molar-refractivity contribution in [3.63, 3.8) is 0 Å². The van der Waals surface area contributed by atoms with Gasteiger partial charge < -0.3 is 20.5 Å². The smallest absolute Gasteiger partial charge is 0.121 e. The maximum atomic E-state index is 9.61. The Labute approximate surface area is 90.5 Å². The lowest BCUT2D eigenvalue weighted by atomic mass is 10.1. The highest BCUT2D eigenvalue weighted by Crippen LogP contribution is 2.17. The molecule has 13 heavy (non-hydrogen) atoms. The van der Waals surface area contributed by atoms with Gasteiger partial charge in [0.1, 0.15) is 6.10 Å². The Kier molecular flexibility index (Phi) is 4.17. The Morgan fingerprint density at radius 1 is 1.62 bits per heavy atom. The molecule has 1 aromatic heterocycles. The van der Waals surface area contributed by atoms with Crippen LogP contribution in [-0.4, -0.2) is 34.9 Å². The maximum absolute atomic E-state index is 9.61. The summed E-state index contributed by atoms with van der Waals surface area (Å²) in [7, 11) is 1.73. The average molecular weight is 296 g/mol. The number of aliphatic hydroxyl groups excluding tert-OH is 2. The van der Waals surface area contributed by atoms with Crippen molar-refractivity contribution >= 4 is 22.6 Å². The third-order valence-corrected chi connectivity index (χ3v) is 2.39. The first-order chi connectivity index (χ1) is 6.15. The minimum atomic E-state index is -0.851. The molecule has 0 aliphatic carbocycles. The summed E-state index contributed by atoms with van der Waals surface area (Å²) in [6, 6.07) is 1.81. The molecule has 5 heteroatoms. The zero-order valence-electron chi connectivity index (χ0n) is 7.29. The van der Waals surface area contributed by atoms with E-state index in [-0.39, 0.29) is 0 Å². The van der Waals surface area contributed by atoms with Crippen molar-refractivity contribution in [2.45, 2.75) is 12.2 Å². The van der Waals surface area contributed by atoms with Gasteiger partial charge in [-0.25, -0.2) is 0 Å². The van der Waals surface area contributed by atoms with Crippen molar-refractivity contribution < 1.29 is 10.2 Å². The summed E-state index contributed by atoms with van der Waals surface area (Å²) in [5.41, 5.74) is 0.646. The largest absolute Gasteiger partial charge is 0.389 e. The SMILES string of the molecule is CNCC(O)C(O)c1cc(I)c[nH]1. The Bertz CT molecular complexity index is 264. The number of nitrogens with one attached hydrogen (secondary N) is 2. The third-order valence-electron chi connectivity index (χ3n) is 1.77. The number of H-pyrrole nitrogens is 1. The molecule has 0 aromatic carbocycles. The van der Waals surface area contributed by atoms with Crippen molar-refractivity contribution in [3.8, 4) is 0 Å². The molecular weight excluding hydrogens is 283 g/mol. The fourth-order valence-corrected chi connectivity index (χ4v) is 1.57. The Hall–Kier alpha value is -0.110. The topological polar surface area (TPSA) is 68.3 Å². The van der Waals surface area contributed by atoms with E-state index in [4.69, 9.17) is 0 Å². The molecule has 2 atom stereocenters. The van der Waals surface area contributed by atoms with Gasteiger partial charge >= 0.3 is 0 Å². The number of rotatable bonds is 4. The van der Waals surface area contributed by atoms with Gasteiger partial charge in [-0.15, -0.1) is 0 Å². The first-order valence-corrected chi connectivity index (χ1v) is 5.07. The monoisotopic (exact) mass is 296 g/mol. The molecule has 0 saturated heterocycles. The van der Waals surface area contributed by atoms with Crippen LogP contribution in [0, 0.1) is 3.57 Å². The molecule has 1 aromatic rings. The molecule has 1 heterocycles. The van der Waals surface area contributed by atoms with Crippen LogP contribution in [0.25, 0.3) is 0 Å². The van der Waals surface area contributed by atoms with Gasteiger partial charge in [-0.05, 0) is 35.7 Å². The van der Waals surface area contributed by atoms with Crippen LogP contribution in [0.3, 0.4) is 0 Å². The molecule has 0 fully saturated rings. The van der Waals surface area contributed by atoms with Crippen LogP contribution in [0.15, 0.2) is 12.3 Å². The molecule has 0 aliphatic heterocycles. The molecule has 0 amide bonds. The summed E-state index contributed by atoms with van der Waals surface area (Å²) >= 11 is 2.14. The lowest BCUT2D eigenvalue weighted by Crippen LogP contribution is -2.29. The zero-order valence-corrected chi connectivity index (χ0v) is 9.45. The summed E-state index contributed by atoms with van der Waals surface area (Å²) in [6.45, 7) is 0.372. The number of halogens is 1. The highest BCUT2D eigenvalue weighted by molar-refractivity contribution is 14.1. The van der Waals surface area contributed by atoms with Crippen LogP contribution in [0.2, 0.25) is 0 Å². The summed E-state index contributed by atoms with van der Waals surface area (Å²) in [4.78, 5) is 2.90. The summed E-state index contributed by atoms with van der Waals surface area (Å²) in [5, 5.41) is 21.9. The predicted molar refractivity (Wildman–Crippen MR) is 58.4 cm³/mol. The molecule has 0 saturated carbocycles. The minimum absolute atomic E-state index is 0.372. The van der Waals surface area contributed by atoms with E-state index >= 15 is 0 Å². The lowest BCUT2D eigenvalue weighted by molar-refractivity contribution is 0.0180. The quantitative estimate of drug-likeness (QED) is 0.601. The van der Waals surface area contributed by atoms with Gasteiger partial charge in [0.05, 0.1) is 6.10 Å². The highest BCUT2D eigenvalue weighted by Gasteiger charge is 2.18. The van der Waals surface area contributed by atoms with Crippen molar-refractivity contribution in [2.24, 2.45) is 0 Å². The van der Waals surface area contributed by atoms with E-state index < -0.39 is 12.2 Å². The minimum Gasteiger partial charge on any atom is -0.389 e. The fourth-order valence-electron chi connectivity index (χ4n) is 1.08. The molecular formula is C8H13IN2O2. The van der Waals surface area contributed by atoms with E-state index in [1.807, 2.05) is 6.07 Å². The van der Waals surface area contributed by atoms with Gasteiger partial charge in [0.2, 0.25) is 0 Å². The number of hydrogen-bond donors (Lipinski definition) is 4. The zero-order chi connectivity index (χ0) is 9.84. The summed E-state index contributed by atoms with van der Waals surface area (Å²) < 4.78 is 1.02. The van der Waals surface area contributed by atoms with Crippen molar-refractivity contribution in [2.75, 3.05) is 13.6 Å². The van der Waals surface area contributed by atoms with Gasteiger partial charge in [-0.2, -0.15) is 0 Å². The molecule has 0 spiro atoms. The van der Waals surface area contributed by atoms with Gasteiger partial charge in [0.15, 0.2) is 0 Å². The molecule has 2 unspecified atom stereocenters. The van der Waals surface area contributed by atoms with Crippen molar-refractivity contribution in [1.82, 2.24) is 10.3 Å². The van der Waals surface area contributed by atoms with Gasteiger partial charge in [0, 0.05) is 22.0 Å². The van der Waals surface area contributed by atoms with E-state index in [9.17, 15) is 10.2 Å². The summed E-state index contributed by atoms with van der Waals surface area (Å²) in [6.07, 6.45) is 0.154. The number of aromatic amines is 1. The molecule has 1 rings (SSSR count). The van der Waals surface area contributed by atoms with Crippen LogP contribution < -0.4 is 5.32 Å². The third kappa shape index (κ3) is 2.94. The van der Waals surface area contributed by atoms with Gasteiger partial charge in [-0.1, -0.05) is 0 Å². The Balaban J connectivity index is 2.61. The maximum Gasteiger partial charge on any atom is 0.121 e. The van der Waals surface area contributed by atoms with Crippen LogP contribution >= 0.6 is 22.6 Å². The summed E-state index contributed by atoms with van der Waals surface area (Å²) in [5.74, 6) is 0. The predicted octanol–water partition coefficient (Wildman–Crippen LogP) is 0.233. The van der Waals surface area contributed by atoms with Crippen molar-refractivity contribution in [1.29, 1.82) is 0 Å². The van der Waals surface area contributed by atoms with E-state index in [1.165, 1.54) is 0 Å². The second kappa shape index (κ2) is 4.94. The molecule has 4 N–H and O–H groups in total. The Morgan fingerprint density at radius 2 is 2.31 bits per heavy atom. The second-order valence-corrected chi connectivity index (χ2v) is 4.09. The van der Waals surface area contributed by atoms with Crippen LogP contribution in [0.1, 0.15) is 11.8 Å². The van der Waals surface area contributed by atoms with Gasteiger partial charge in [0.25, 0.3) is 0 Å². The molecule has 4 nitrogen and oxygen atoms in total. The molecule has 0 aliphatic rings. The number of aromatic nitrogens is 1. The first-order valence-electron chi connectivity index (χ1n) is 3.99. The van der Waals surface area contributed by atoms with E-state index in [2.05, 4.69) is 32.9 Å². The van der Waals surface area contributed by atoms with E-state index in [0.717, 1.165) is 3.57 Å². The number of hydrogen-bond acceptors (Lipinski definition) is 3. The van der Waals surface area contributed by atoms with Gasteiger partial charge in [-0.3, -0.25) is 0 Å².